The number of aliphatic hydroxyl groups excluding tert-OH is 1. The zero-order chi connectivity index (χ0) is 22.9. The Labute approximate surface area is 195 Å². The smallest absolute Gasteiger partial charge is 0.318 e. The molecule has 172 valence electrons. The van der Waals surface area contributed by atoms with E-state index >= 15 is 0 Å². The zero-order valence-corrected chi connectivity index (χ0v) is 19.2. The molecule has 6 nitrogen and oxygen atoms in total. The Morgan fingerprint density at radius 2 is 1.82 bits per heavy atom. The van der Waals surface area contributed by atoms with E-state index in [1.807, 2.05) is 36.2 Å². The van der Waals surface area contributed by atoms with Gasteiger partial charge in [0.2, 0.25) is 0 Å². The van der Waals surface area contributed by atoms with Crippen molar-refractivity contribution in [2.24, 2.45) is 5.92 Å². The molecule has 33 heavy (non-hydrogen) atoms. The van der Waals surface area contributed by atoms with Crippen LogP contribution in [-0.2, 0) is 0 Å². The van der Waals surface area contributed by atoms with Gasteiger partial charge in [-0.25, -0.2) is 4.79 Å². The average Bonchev–Trinajstić information content (AvgIpc) is 3.30. The molecule has 0 bridgehead atoms. The fraction of sp³-hybridized carbons (Fsp3) is 0.481. The molecule has 2 heterocycles. The molecular formula is C27H32N4O2. The maximum Gasteiger partial charge on any atom is 0.318 e. The number of nitrogens with one attached hydrogen (secondary N) is 1. The van der Waals surface area contributed by atoms with E-state index in [4.69, 9.17) is 5.26 Å². The van der Waals surface area contributed by atoms with Crippen LogP contribution >= 0.6 is 0 Å². The predicted molar refractivity (Wildman–Crippen MR) is 129 cm³/mol. The summed E-state index contributed by atoms with van der Waals surface area (Å²) >= 11 is 0. The minimum absolute atomic E-state index is 0.00394. The van der Waals surface area contributed by atoms with Gasteiger partial charge in [0.25, 0.3) is 0 Å². The number of amides is 2. The Kier molecular flexibility index (Phi) is 5.99. The maximum absolute atomic E-state index is 13.4. The molecule has 3 aliphatic rings. The summed E-state index contributed by atoms with van der Waals surface area (Å²) in [5.41, 5.74) is 4.99. The normalized spacial score (nSPS) is 24.7. The van der Waals surface area contributed by atoms with Gasteiger partial charge in [0.1, 0.15) is 0 Å². The number of likely N-dealkylation sites (tertiary alicyclic amines) is 1. The van der Waals surface area contributed by atoms with E-state index in [-0.39, 0.29) is 36.7 Å². The molecule has 2 N–H and O–H groups in total. The number of anilines is 1. The van der Waals surface area contributed by atoms with Gasteiger partial charge in [0.05, 0.1) is 30.3 Å². The minimum Gasteiger partial charge on any atom is -0.394 e. The standard InChI is InChI=1S/C27H32N4O2/c1-30-24-12-11-20(19-9-7-18(16-28)8-10-19)15-23(24)26-22(25(30)17-32)13-14-31(26)27(33)29-21-5-3-2-4-6-21/h7-12,15,21-22,25-26,32H,2-6,13-14,17H2,1H3,(H,29,33)/t22-,25-,26-/m0/s1. The molecule has 0 aromatic heterocycles. The van der Waals surface area contributed by atoms with Crippen LogP contribution in [0.4, 0.5) is 10.5 Å². The van der Waals surface area contributed by atoms with Crippen LogP contribution in [0, 0.1) is 17.2 Å². The maximum atomic E-state index is 13.4. The molecule has 1 saturated carbocycles. The molecule has 1 aliphatic carbocycles. The lowest BCUT2D eigenvalue weighted by molar-refractivity contribution is 0.156. The van der Waals surface area contributed by atoms with Crippen molar-refractivity contribution >= 4 is 11.7 Å². The molecule has 2 aromatic rings. The lowest BCUT2D eigenvalue weighted by Gasteiger charge is -2.44. The molecule has 0 unspecified atom stereocenters. The van der Waals surface area contributed by atoms with Crippen LogP contribution in [0.15, 0.2) is 42.5 Å². The van der Waals surface area contributed by atoms with Gasteiger partial charge >= 0.3 is 6.03 Å². The van der Waals surface area contributed by atoms with Crippen LogP contribution in [0.5, 0.6) is 0 Å². The highest BCUT2D eigenvalue weighted by molar-refractivity contribution is 5.78. The molecule has 2 fully saturated rings. The molecule has 2 aliphatic heterocycles. The SMILES string of the molecule is CN1c2ccc(-c3ccc(C#N)cc3)cc2[C@@H]2[C@@H](CCN2C(=O)NC2CCCCC2)[C@@H]1CO. The molecule has 1 saturated heterocycles. The first-order chi connectivity index (χ1) is 16.1. The summed E-state index contributed by atoms with van der Waals surface area (Å²) in [6.07, 6.45) is 6.65. The number of carbonyl (C=O) groups excluding carboxylic acids is 1. The van der Waals surface area contributed by atoms with Gasteiger partial charge < -0.3 is 20.2 Å². The molecule has 6 heteroatoms. The Hall–Kier alpha value is -3.04. The van der Waals surface area contributed by atoms with E-state index < -0.39 is 0 Å². The molecular weight excluding hydrogens is 412 g/mol. The van der Waals surface area contributed by atoms with E-state index in [0.29, 0.717) is 12.1 Å². The second-order valence-corrected chi connectivity index (χ2v) is 9.70. The van der Waals surface area contributed by atoms with Gasteiger partial charge in [0.15, 0.2) is 0 Å². The van der Waals surface area contributed by atoms with E-state index in [9.17, 15) is 9.90 Å². The number of rotatable bonds is 3. The monoisotopic (exact) mass is 444 g/mol. The van der Waals surface area contributed by atoms with Crippen molar-refractivity contribution in [3.05, 3.63) is 53.6 Å². The van der Waals surface area contributed by atoms with Crippen LogP contribution in [0.25, 0.3) is 11.1 Å². The Morgan fingerprint density at radius 1 is 1.09 bits per heavy atom. The first-order valence-electron chi connectivity index (χ1n) is 12.2. The second-order valence-electron chi connectivity index (χ2n) is 9.70. The number of hydrogen-bond acceptors (Lipinski definition) is 4. The number of nitrogens with zero attached hydrogens (tertiary/aromatic N) is 3. The third-order valence-corrected chi connectivity index (χ3v) is 7.89. The van der Waals surface area contributed by atoms with Crippen LogP contribution in [-0.4, -0.2) is 48.3 Å². The Bertz CT molecular complexity index is 1050. The quantitative estimate of drug-likeness (QED) is 0.733. The third kappa shape index (κ3) is 3.95. The first-order valence-corrected chi connectivity index (χ1v) is 12.2. The van der Waals surface area contributed by atoms with Crippen molar-refractivity contribution in [2.45, 2.75) is 56.7 Å². The number of carbonyl (C=O) groups is 1. The highest BCUT2D eigenvalue weighted by Crippen LogP contribution is 2.49. The largest absolute Gasteiger partial charge is 0.394 e. The van der Waals surface area contributed by atoms with Gasteiger partial charge in [-0.2, -0.15) is 5.26 Å². The van der Waals surface area contributed by atoms with E-state index in [0.717, 1.165) is 41.6 Å². The summed E-state index contributed by atoms with van der Waals surface area (Å²) in [4.78, 5) is 17.6. The van der Waals surface area contributed by atoms with Gasteiger partial charge in [-0.1, -0.05) is 37.5 Å². The summed E-state index contributed by atoms with van der Waals surface area (Å²) in [6.45, 7) is 0.783. The van der Waals surface area contributed by atoms with E-state index in [1.54, 1.807) is 0 Å². The number of likely N-dealkylation sites (N-methyl/N-ethyl adjacent to an activating group) is 1. The Morgan fingerprint density at radius 3 is 2.52 bits per heavy atom. The van der Waals surface area contributed by atoms with Crippen molar-refractivity contribution in [3.63, 3.8) is 0 Å². The summed E-state index contributed by atoms with van der Waals surface area (Å²) in [6, 6.07) is 16.5. The number of nitriles is 1. The van der Waals surface area contributed by atoms with Crippen molar-refractivity contribution in [2.75, 3.05) is 25.1 Å². The van der Waals surface area contributed by atoms with Crippen LogP contribution in [0.3, 0.4) is 0 Å². The van der Waals surface area contributed by atoms with Crippen LogP contribution in [0.1, 0.15) is 55.7 Å². The summed E-state index contributed by atoms with van der Waals surface area (Å²) < 4.78 is 0. The summed E-state index contributed by atoms with van der Waals surface area (Å²) in [7, 11) is 2.04. The average molecular weight is 445 g/mol. The first kappa shape index (κ1) is 21.8. The highest BCUT2D eigenvalue weighted by Gasteiger charge is 2.47. The van der Waals surface area contributed by atoms with Gasteiger partial charge in [-0.05, 0) is 60.2 Å². The molecule has 0 spiro atoms. The highest BCUT2D eigenvalue weighted by atomic mass is 16.3. The topological polar surface area (TPSA) is 79.6 Å². The van der Waals surface area contributed by atoms with E-state index in [2.05, 4.69) is 34.5 Å². The summed E-state index contributed by atoms with van der Waals surface area (Å²) in [5, 5.41) is 22.6. The Balaban J connectivity index is 1.49. The fourth-order valence-electron chi connectivity index (χ4n) is 6.10. The van der Waals surface area contributed by atoms with E-state index in [1.165, 1.54) is 19.3 Å². The molecule has 5 rings (SSSR count). The zero-order valence-electron chi connectivity index (χ0n) is 19.2. The van der Waals surface area contributed by atoms with Gasteiger partial charge in [-0.15, -0.1) is 0 Å². The predicted octanol–water partition coefficient (Wildman–Crippen LogP) is 4.44. The second kappa shape index (κ2) is 9.07. The molecule has 3 atom stereocenters. The van der Waals surface area contributed by atoms with Crippen molar-refractivity contribution < 1.29 is 9.90 Å². The number of fused-ring (bicyclic) bond motifs is 3. The molecule has 2 aromatic carbocycles. The van der Waals surface area contributed by atoms with Gasteiger partial charge in [-0.3, -0.25) is 0 Å². The van der Waals surface area contributed by atoms with Crippen molar-refractivity contribution in [3.8, 4) is 17.2 Å². The van der Waals surface area contributed by atoms with Crippen LogP contribution in [0.2, 0.25) is 0 Å². The molecule has 2 amide bonds. The van der Waals surface area contributed by atoms with Crippen molar-refractivity contribution in [1.29, 1.82) is 5.26 Å². The fourth-order valence-corrected chi connectivity index (χ4v) is 6.10. The van der Waals surface area contributed by atoms with Gasteiger partial charge in [0, 0.05) is 31.2 Å². The minimum atomic E-state index is -0.0460. The van der Waals surface area contributed by atoms with Crippen LogP contribution < -0.4 is 10.2 Å². The molecule has 0 radical (unpaired) electrons. The summed E-state index contributed by atoms with van der Waals surface area (Å²) in [5.74, 6) is 0.195. The van der Waals surface area contributed by atoms with Crippen molar-refractivity contribution in [1.82, 2.24) is 10.2 Å². The number of hydrogen-bond donors (Lipinski definition) is 2. The lowest BCUT2D eigenvalue weighted by atomic mass is 9.81. The third-order valence-electron chi connectivity index (χ3n) is 7.89. The number of urea groups is 1. The number of aliphatic hydroxyl groups is 1. The number of benzene rings is 2. The lowest BCUT2D eigenvalue weighted by Crippen LogP contribution is -2.50.